The number of hydrogen-bond donors (Lipinski definition) is 1. The number of aliphatic imine (C=N–C) groups is 1. The molecule has 2 aromatic rings. The molecule has 128 valence electrons. The van der Waals surface area contributed by atoms with E-state index >= 15 is 0 Å². The Balaban J connectivity index is 1.92. The van der Waals surface area contributed by atoms with Crippen molar-refractivity contribution >= 4 is 21.7 Å². The fourth-order valence-electron chi connectivity index (χ4n) is 3.13. The van der Waals surface area contributed by atoms with Crippen LogP contribution in [0.3, 0.4) is 0 Å². The lowest BCUT2D eigenvalue weighted by Gasteiger charge is -2.07. The summed E-state index contributed by atoms with van der Waals surface area (Å²) < 4.78 is 24.7. The average molecular weight is 347 g/mol. The summed E-state index contributed by atoms with van der Waals surface area (Å²) in [4.78, 5) is 17.0. The van der Waals surface area contributed by atoms with Crippen LogP contribution < -0.4 is 5.56 Å². The van der Waals surface area contributed by atoms with Gasteiger partial charge in [-0.3, -0.25) is 14.9 Å². The number of hydrogen-bond acceptors (Lipinski definition) is 4. The van der Waals surface area contributed by atoms with Crippen LogP contribution in [0.1, 0.15) is 34.8 Å². The molecule has 0 radical (unpaired) electrons. The van der Waals surface area contributed by atoms with Crippen molar-refractivity contribution in [2.75, 3.05) is 11.5 Å². The fourth-order valence-corrected chi connectivity index (χ4v) is 4.83. The lowest BCUT2D eigenvalue weighted by Crippen LogP contribution is -2.25. The molecular formula is C17H21N3O3S. The van der Waals surface area contributed by atoms with Gasteiger partial charge in [0.15, 0.2) is 9.84 Å². The zero-order valence-electron chi connectivity index (χ0n) is 14.0. The summed E-state index contributed by atoms with van der Waals surface area (Å²) in [6, 6.07) is 5.65. The SMILES string of the molecule is Cc1cc(C)cc(N=Cc2c(C)[nH]n([C@H]3CCS(=O)(=O)C3)c2=O)c1. The third-order valence-electron chi connectivity index (χ3n) is 4.26. The molecule has 1 aromatic heterocycles. The Bertz CT molecular complexity index is 947. The standard InChI is InChI=1S/C17H21N3O3S/c1-11-6-12(2)8-14(7-11)18-9-16-13(3)19-20(17(16)21)15-4-5-24(22,23)10-15/h6-9,15,19H,4-5,10H2,1-3H3/t15-/m0/s1. The summed E-state index contributed by atoms with van der Waals surface area (Å²) in [6.07, 6.45) is 2.03. The van der Waals surface area contributed by atoms with Crippen molar-refractivity contribution in [3.63, 3.8) is 0 Å². The second kappa shape index (κ2) is 6.05. The fraction of sp³-hybridized carbons (Fsp3) is 0.412. The summed E-state index contributed by atoms with van der Waals surface area (Å²) in [5, 5.41) is 3.00. The van der Waals surface area contributed by atoms with Crippen molar-refractivity contribution in [1.29, 1.82) is 0 Å². The zero-order valence-corrected chi connectivity index (χ0v) is 14.9. The van der Waals surface area contributed by atoms with Crippen LogP contribution >= 0.6 is 0 Å². The van der Waals surface area contributed by atoms with Crippen molar-refractivity contribution in [3.8, 4) is 0 Å². The highest BCUT2D eigenvalue weighted by atomic mass is 32.2. The maximum atomic E-state index is 12.6. The Hall–Kier alpha value is -2.15. The number of rotatable bonds is 3. The van der Waals surface area contributed by atoms with Gasteiger partial charge < -0.3 is 0 Å². The number of sulfone groups is 1. The third-order valence-corrected chi connectivity index (χ3v) is 6.01. The quantitative estimate of drug-likeness (QED) is 0.864. The molecule has 1 N–H and O–H groups in total. The van der Waals surface area contributed by atoms with Gasteiger partial charge in [0.05, 0.1) is 28.8 Å². The van der Waals surface area contributed by atoms with E-state index in [0.29, 0.717) is 17.7 Å². The van der Waals surface area contributed by atoms with E-state index in [1.165, 1.54) is 4.68 Å². The van der Waals surface area contributed by atoms with Crippen LogP contribution in [0, 0.1) is 20.8 Å². The van der Waals surface area contributed by atoms with E-state index in [4.69, 9.17) is 0 Å². The summed E-state index contributed by atoms with van der Waals surface area (Å²) in [5.41, 5.74) is 3.96. The van der Waals surface area contributed by atoms with Gasteiger partial charge >= 0.3 is 0 Å². The molecule has 3 rings (SSSR count). The van der Waals surface area contributed by atoms with Crippen molar-refractivity contribution in [2.45, 2.75) is 33.2 Å². The first-order valence-electron chi connectivity index (χ1n) is 7.89. The van der Waals surface area contributed by atoms with Gasteiger partial charge in [-0.15, -0.1) is 0 Å². The van der Waals surface area contributed by atoms with Crippen molar-refractivity contribution in [3.05, 3.63) is 50.9 Å². The third kappa shape index (κ3) is 3.36. The first-order chi connectivity index (χ1) is 11.2. The van der Waals surface area contributed by atoms with E-state index in [2.05, 4.69) is 16.2 Å². The summed E-state index contributed by atoms with van der Waals surface area (Å²) in [5.74, 6) is 0.148. The summed E-state index contributed by atoms with van der Waals surface area (Å²) in [6.45, 7) is 5.80. The van der Waals surface area contributed by atoms with Crippen molar-refractivity contribution < 1.29 is 8.42 Å². The number of nitrogens with one attached hydrogen (secondary N) is 1. The van der Waals surface area contributed by atoms with Gasteiger partial charge in [-0.25, -0.2) is 13.1 Å². The van der Waals surface area contributed by atoms with Crippen LogP contribution in [0.15, 0.2) is 28.0 Å². The Morgan fingerprint density at radius 2 is 1.88 bits per heavy atom. The predicted octanol–water partition coefficient (Wildman–Crippen LogP) is 2.21. The molecule has 0 unspecified atom stereocenters. The second-order valence-corrected chi connectivity index (χ2v) is 8.72. The Morgan fingerprint density at radius 1 is 1.21 bits per heavy atom. The van der Waals surface area contributed by atoms with E-state index < -0.39 is 9.84 Å². The van der Waals surface area contributed by atoms with Crippen molar-refractivity contribution in [1.82, 2.24) is 9.78 Å². The Morgan fingerprint density at radius 3 is 2.46 bits per heavy atom. The summed E-state index contributed by atoms with van der Waals surface area (Å²) in [7, 11) is -3.04. The highest BCUT2D eigenvalue weighted by Crippen LogP contribution is 2.22. The average Bonchev–Trinajstić information content (AvgIpc) is 2.96. The molecule has 1 saturated heterocycles. The molecule has 0 spiro atoms. The number of nitrogens with zero attached hydrogens (tertiary/aromatic N) is 2. The van der Waals surface area contributed by atoms with E-state index in [1.807, 2.05) is 26.0 Å². The van der Waals surface area contributed by atoms with E-state index in [-0.39, 0.29) is 23.1 Å². The molecule has 1 atom stereocenters. The van der Waals surface area contributed by atoms with Gasteiger partial charge in [-0.05, 0) is 50.5 Å². The van der Waals surface area contributed by atoms with E-state index in [0.717, 1.165) is 16.8 Å². The second-order valence-electron chi connectivity index (χ2n) is 6.49. The first kappa shape index (κ1) is 16.7. The normalized spacial score (nSPS) is 20.0. The van der Waals surface area contributed by atoms with Gasteiger partial charge in [0.25, 0.3) is 5.56 Å². The molecule has 1 aliphatic heterocycles. The van der Waals surface area contributed by atoms with E-state index in [1.54, 1.807) is 13.1 Å². The van der Waals surface area contributed by atoms with Gasteiger partial charge in [0.1, 0.15) is 0 Å². The maximum Gasteiger partial charge on any atom is 0.275 e. The Kier molecular flexibility index (Phi) is 4.21. The molecular weight excluding hydrogens is 326 g/mol. The largest absolute Gasteiger partial charge is 0.299 e. The molecule has 0 saturated carbocycles. The van der Waals surface area contributed by atoms with Gasteiger partial charge in [0, 0.05) is 11.9 Å². The van der Waals surface area contributed by atoms with Crippen LogP contribution in [0.2, 0.25) is 0 Å². The van der Waals surface area contributed by atoms with Gasteiger partial charge in [0.2, 0.25) is 0 Å². The van der Waals surface area contributed by atoms with Crippen LogP contribution in [0.25, 0.3) is 0 Å². The van der Waals surface area contributed by atoms with E-state index in [9.17, 15) is 13.2 Å². The molecule has 0 aliphatic carbocycles. The van der Waals surface area contributed by atoms with Crippen LogP contribution in [0.4, 0.5) is 5.69 Å². The highest BCUT2D eigenvalue weighted by Gasteiger charge is 2.31. The maximum absolute atomic E-state index is 12.6. The van der Waals surface area contributed by atoms with Crippen LogP contribution in [0.5, 0.6) is 0 Å². The number of aromatic nitrogens is 2. The predicted molar refractivity (Wildman–Crippen MR) is 95.3 cm³/mol. The first-order valence-corrected chi connectivity index (χ1v) is 9.71. The van der Waals surface area contributed by atoms with Gasteiger partial charge in [-0.2, -0.15) is 0 Å². The molecule has 24 heavy (non-hydrogen) atoms. The number of aromatic amines is 1. The minimum absolute atomic E-state index is 0.0144. The van der Waals surface area contributed by atoms with Gasteiger partial charge in [-0.1, -0.05) is 6.07 Å². The molecule has 0 bridgehead atoms. The molecule has 1 aromatic carbocycles. The zero-order chi connectivity index (χ0) is 17.5. The molecule has 2 heterocycles. The monoisotopic (exact) mass is 347 g/mol. The lowest BCUT2D eigenvalue weighted by atomic mass is 10.1. The minimum atomic E-state index is -3.04. The molecule has 7 heteroatoms. The molecule has 6 nitrogen and oxygen atoms in total. The van der Waals surface area contributed by atoms with Crippen LogP contribution in [-0.2, 0) is 9.84 Å². The number of H-pyrrole nitrogens is 1. The Labute approximate surface area is 141 Å². The summed E-state index contributed by atoms with van der Waals surface area (Å²) >= 11 is 0. The highest BCUT2D eigenvalue weighted by molar-refractivity contribution is 7.91. The van der Waals surface area contributed by atoms with Crippen LogP contribution in [-0.4, -0.2) is 35.9 Å². The topological polar surface area (TPSA) is 84.3 Å². The van der Waals surface area contributed by atoms with Crippen molar-refractivity contribution in [2.24, 2.45) is 4.99 Å². The molecule has 0 amide bonds. The lowest BCUT2D eigenvalue weighted by molar-refractivity contribution is 0.483. The molecule has 1 fully saturated rings. The minimum Gasteiger partial charge on any atom is -0.299 e. The number of aryl methyl sites for hydroxylation is 3. The smallest absolute Gasteiger partial charge is 0.275 e. The molecule has 1 aliphatic rings. The number of benzene rings is 1.